The van der Waals surface area contributed by atoms with E-state index in [0.29, 0.717) is 0 Å². The molecular weight excluding hydrogens is 204 g/mol. The van der Waals surface area contributed by atoms with E-state index in [4.69, 9.17) is 5.73 Å². The summed E-state index contributed by atoms with van der Waals surface area (Å²) >= 11 is 0. The van der Waals surface area contributed by atoms with Crippen molar-refractivity contribution in [2.24, 2.45) is 5.73 Å². The van der Waals surface area contributed by atoms with Crippen LogP contribution in [0.2, 0.25) is 0 Å². The summed E-state index contributed by atoms with van der Waals surface area (Å²) < 4.78 is 0.954. The predicted molar refractivity (Wildman–Crippen MR) is 50.2 cm³/mol. The Morgan fingerprint density at radius 2 is 2.40 bits per heavy atom. The summed E-state index contributed by atoms with van der Waals surface area (Å²) in [6.07, 6.45) is 0.966. The summed E-state index contributed by atoms with van der Waals surface area (Å²) in [5, 5.41) is 19.6. The molecule has 1 heterocycles. The maximum absolute atomic E-state index is 11.1. The van der Waals surface area contributed by atoms with Gasteiger partial charge in [0.2, 0.25) is 0 Å². The topological polar surface area (TPSA) is 124 Å². The van der Waals surface area contributed by atoms with Gasteiger partial charge in [0, 0.05) is 6.54 Å². The minimum absolute atomic E-state index is 0.0326. The van der Waals surface area contributed by atoms with E-state index in [0.717, 1.165) is 17.0 Å². The first-order chi connectivity index (χ1) is 7.04. The number of nitrogens with zero attached hydrogens (tertiary/aromatic N) is 3. The Balaban J connectivity index is 3.00. The second-order valence-electron chi connectivity index (χ2n) is 2.89. The van der Waals surface area contributed by atoms with Gasteiger partial charge in [0.25, 0.3) is 0 Å². The van der Waals surface area contributed by atoms with Crippen LogP contribution in [0.5, 0.6) is 0 Å². The highest BCUT2D eigenvalue weighted by atomic mass is 16.6. The van der Waals surface area contributed by atoms with Gasteiger partial charge in [-0.2, -0.15) is 4.98 Å². The summed E-state index contributed by atoms with van der Waals surface area (Å²) in [6.45, 7) is -0.140. The molecule has 0 aromatic carbocycles. The molecule has 82 valence electrons. The van der Waals surface area contributed by atoms with Gasteiger partial charge in [-0.1, -0.05) is 0 Å². The van der Waals surface area contributed by atoms with Crippen molar-refractivity contribution >= 4 is 5.69 Å². The lowest BCUT2D eigenvalue weighted by Gasteiger charge is -2.08. The van der Waals surface area contributed by atoms with Crippen LogP contribution in [0.15, 0.2) is 17.2 Å². The number of aromatic nitrogens is 2. The van der Waals surface area contributed by atoms with Crippen LogP contribution in [0.1, 0.15) is 0 Å². The SMILES string of the molecule is NCC(O)Cn1cc([N+](=O)[O-])cnc1=O. The molecule has 0 spiro atoms. The Bertz CT molecular complexity index is 416. The second kappa shape index (κ2) is 4.62. The smallest absolute Gasteiger partial charge is 0.348 e. The minimum Gasteiger partial charge on any atom is -0.390 e. The van der Waals surface area contributed by atoms with Crippen molar-refractivity contribution in [2.75, 3.05) is 6.54 Å². The highest BCUT2D eigenvalue weighted by Crippen LogP contribution is 2.04. The van der Waals surface area contributed by atoms with Gasteiger partial charge < -0.3 is 10.8 Å². The molecule has 0 saturated heterocycles. The molecule has 8 nitrogen and oxygen atoms in total. The van der Waals surface area contributed by atoms with E-state index in [1.807, 2.05) is 0 Å². The van der Waals surface area contributed by atoms with Crippen LogP contribution in [0.25, 0.3) is 0 Å². The lowest BCUT2D eigenvalue weighted by molar-refractivity contribution is -0.385. The number of aliphatic hydroxyl groups is 1. The van der Waals surface area contributed by atoms with Gasteiger partial charge in [0.05, 0.1) is 23.8 Å². The predicted octanol–water partition coefficient (Wildman–Crippen LogP) is -1.53. The molecule has 1 aromatic heterocycles. The number of rotatable bonds is 4. The molecule has 1 rings (SSSR count). The lowest BCUT2D eigenvalue weighted by Crippen LogP contribution is -2.32. The quantitative estimate of drug-likeness (QED) is 0.462. The first kappa shape index (κ1) is 11.3. The molecular formula is C7H10N4O4. The van der Waals surface area contributed by atoms with Crippen LogP contribution in [0.4, 0.5) is 5.69 Å². The molecule has 0 aliphatic carbocycles. The zero-order chi connectivity index (χ0) is 11.4. The number of aliphatic hydroxyl groups excluding tert-OH is 1. The van der Waals surface area contributed by atoms with Gasteiger partial charge in [-0.05, 0) is 0 Å². The number of nitrogens with two attached hydrogens (primary N) is 1. The van der Waals surface area contributed by atoms with Crippen molar-refractivity contribution in [1.82, 2.24) is 9.55 Å². The monoisotopic (exact) mass is 214 g/mol. The van der Waals surface area contributed by atoms with Crippen molar-refractivity contribution in [1.29, 1.82) is 0 Å². The summed E-state index contributed by atoms with van der Waals surface area (Å²) in [4.78, 5) is 24.1. The molecule has 3 N–H and O–H groups in total. The third-order valence-corrected chi connectivity index (χ3v) is 1.73. The van der Waals surface area contributed by atoms with Gasteiger partial charge in [-0.15, -0.1) is 0 Å². The number of hydrogen-bond acceptors (Lipinski definition) is 6. The van der Waals surface area contributed by atoms with E-state index >= 15 is 0 Å². The highest BCUT2D eigenvalue weighted by Gasteiger charge is 2.11. The van der Waals surface area contributed by atoms with E-state index < -0.39 is 16.7 Å². The van der Waals surface area contributed by atoms with Crippen molar-refractivity contribution in [3.8, 4) is 0 Å². The van der Waals surface area contributed by atoms with E-state index in [-0.39, 0.29) is 18.8 Å². The summed E-state index contributed by atoms with van der Waals surface area (Å²) in [6, 6.07) is 0. The van der Waals surface area contributed by atoms with Gasteiger partial charge in [0.1, 0.15) is 6.20 Å². The maximum Gasteiger partial charge on any atom is 0.348 e. The molecule has 1 unspecified atom stereocenters. The third kappa shape index (κ3) is 2.82. The highest BCUT2D eigenvalue weighted by molar-refractivity contribution is 5.20. The Kier molecular flexibility index (Phi) is 3.47. The third-order valence-electron chi connectivity index (χ3n) is 1.73. The van der Waals surface area contributed by atoms with Crippen LogP contribution >= 0.6 is 0 Å². The average Bonchev–Trinajstić information content (AvgIpc) is 2.20. The Hall–Kier alpha value is -1.80. The Morgan fingerprint density at radius 3 is 2.93 bits per heavy atom. The molecule has 8 heteroatoms. The van der Waals surface area contributed by atoms with Gasteiger partial charge in [-0.3, -0.25) is 14.7 Å². The fourth-order valence-electron chi connectivity index (χ4n) is 0.970. The number of hydrogen-bond donors (Lipinski definition) is 2. The standard InChI is InChI=1S/C7H10N4O4/c8-1-6(12)4-10-3-5(11(14)15)2-9-7(10)13/h2-3,6,12H,1,4,8H2. The largest absolute Gasteiger partial charge is 0.390 e. The summed E-state index contributed by atoms with van der Waals surface area (Å²) in [7, 11) is 0. The van der Waals surface area contributed by atoms with E-state index in [1.54, 1.807) is 0 Å². The molecule has 15 heavy (non-hydrogen) atoms. The first-order valence-electron chi connectivity index (χ1n) is 4.13. The molecule has 0 radical (unpaired) electrons. The van der Waals surface area contributed by atoms with Crippen LogP contribution in [0.3, 0.4) is 0 Å². The molecule has 0 aliphatic heterocycles. The second-order valence-corrected chi connectivity index (χ2v) is 2.89. The molecule has 0 amide bonds. The first-order valence-corrected chi connectivity index (χ1v) is 4.13. The van der Waals surface area contributed by atoms with Gasteiger partial charge in [0.15, 0.2) is 0 Å². The molecule has 1 atom stereocenters. The summed E-state index contributed by atoms with van der Waals surface area (Å²) in [5.41, 5.74) is 4.18. The van der Waals surface area contributed by atoms with Crippen LogP contribution in [-0.2, 0) is 6.54 Å². The van der Waals surface area contributed by atoms with Crippen molar-refractivity contribution in [3.05, 3.63) is 33.0 Å². The van der Waals surface area contributed by atoms with E-state index in [2.05, 4.69) is 4.98 Å². The molecule has 0 bridgehead atoms. The summed E-state index contributed by atoms with van der Waals surface area (Å²) in [5.74, 6) is 0. The average molecular weight is 214 g/mol. The number of nitro groups is 1. The Labute approximate surface area is 84.1 Å². The fraction of sp³-hybridized carbons (Fsp3) is 0.429. The zero-order valence-electron chi connectivity index (χ0n) is 7.74. The zero-order valence-corrected chi connectivity index (χ0v) is 7.74. The van der Waals surface area contributed by atoms with Crippen LogP contribution in [-0.4, -0.2) is 32.2 Å². The fourth-order valence-corrected chi connectivity index (χ4v) is 0.970. The van der Waals surface area contributed by atoms with Gasteiger partial charge in [-0.25, -0.2) is 4.79 Å². The normalized spacial score (nSPS) is 12.4. The van der Waals surface area contributed by atoms with E-state index in [9.17, 15) is 20.0 Å². The van der Waals surface area contributed by atoms with E-state index in [1.165, 1.54) is 0 Å². The maximum atomic E-state index is 11.1. The molecule has 1 aromatic rings. The van der Waals surface area contributed by atoms with Crippen LogP contribution in [0, 0.1) is 10.1 Å². The Morgan fingerprint density at radius 1 is 1.73 bits per heavy atom. The van der Waals surface area contributed by atoms with Crippen molar-refractivity contribution < 1.29 is 10.0 Å². The minimum atomic E-state index is -0.925. The van der Waals surface area contributed by atoms with Crippen molar-refractivity contribution in [3.63, 3.8) is 0 Å². The lowest BCUT2D eigenvalue weighted by atomic mass is 10.3. The molecule has 0 saturated carbocycles. The van der Waals surface area contributed by atoms with Crippen molar-refractivity contribution in [2.45, 2.75) is 12.6 Å². The van der Waals surface area contributed by atoms with Crippen LogP contribution < -0.4 is 11.4 Å². The molecule has 0 fully saturated rings. The van der Waals surface area contributed by atoms with Gasteiger partial charge >= 0.3 is 11.4 Å². The molecule has 0 aliphatic rings.